The van der Waals surface area contributed by atoms with E-state index in [1.54, 1.807) is 49.6 Å². The van der Waals surface area contributed by atoms with Crippen LogP contribution in [-0.2, 0) is 4.74 Å². The van der Waals surface area contributed by atoms with Gasteiger partial charge in [-0.1, -0.05) is 25.4 Å². The predicted octanol–water partition coefficient (Wildman–Crippen LogP) is 4.66. The fourth-order valence-electron chi connectivity index (χ4n) is 2.64. The average molecular weight is 436 g/mol. The molecule has 0 heterocycles. The van der Waals surface area contributed by atoms with Gasteiger partial charge in [0, 0.05) is 17.3 Å². The lowest BCUT2D eigenvalue weighted by atomic mass is 10.2. The Balaban J connectivity index is 1.89. The maximum atomic E-state index is 12.2. The molecule has 0 radical (unpaired) electrons. The summed E-state index contributed by atoms with van der Waals surface area (Å²) in [5.41, 5.74) is 1.89. The summed E-state index contributed by atoms with van der Waals surface area (Å²) >= 11 is 11.4. The van der Waals surface area contributed by atoms with Crippen LogP contribution in [0.4, 0.5) is 11.4 Å². The van der Waals surface area contributed by atoms with Crippen molar-refractivity contribution >= 4 is 46.3 Å². The molecular formula is C21H26ClN3O3S. The number of hydrogen-bond donors (Lipinski definition) is 2. The van der Waals surface area contributed by atoms with Gasteiger partial charge in [0.1, 0.15) is 12.4 Å². The van der Waals surface area contributed by atoms with Gasteiger partial charge in [0.05, 0.1) is 18.4 Å². The average Bonchev–Trinajstić information content (AvgIpc) is 2.71. The van der Waals surface area contributed by atoms with Gasteiger partial charge in [-0.2, -0.15) is 0 Å². The Kier molecular flexibility index (Phi) is 9.18. The third-order valence-electron chi connectivity index (χ3n) is 4.32. The first-order valence-corrected chi connectivity index (χ1v) is 10.2. The van der Waals surface area contributed by atoms with Crippen LogP contribution in [0.5, 0.6) is 5.75 Å². The highest BCUT2D eigenvalue weighted by Gasteiger charge is 2.09. The van der Waals surface area contributed by atoms with Crippen LogP contribution in [0.15, 0.2) is 42.5 Å². The number of nitrogens with zero attached hydrogens (tertiary/aromatic N) is 1. The summed E-state index contributed by atoms with van der Waals surface area (Å²) in [4.78, 5) is 14.4. The highest BCUT2D eigenvalue weighted by Crippen LogP contribution is 2.27. The molecule has 0 spiro atoms. The molecular weight excluding hydrogens is 410 g/mol. The Morgan fingerprint density at radius 1 is 1.10 bits per heavy atom. The second-order valence-corrected chi connectivity index (χ2v) is 7.01. The summed E-state index contributed by atoms with van der Waals surface area (Å²) in [6.07, 6.45) is 0. The Morgan fingerprint density at radius 2 is 1.79 bits per heavy atom. The summed E-state index contributed by atoms with van der Waals surface area (Å²) in [5.74, 6) is 0.287. The Bertz CT molecular complexity index is 826. The highest BCUT2D eigenvalue weighted by molar-refractivity contribution is 7.80. The van der Waals surface area contributed by atoms with Crippen molar-refractivity contribution in [3.63, 3.8) is 0 Å². The number of rotatable bonds is 9. The number of thiocarbonyl (C=S) groups is 1. The number of ether oxygens (including phenoxy) is 2. The smallest absolute Gasteiger partial charge is 0.338 e. The van der Waals surface area contributed by atoms with Gasteiger partial charge in [0.2, 0.25) is 0 Å². The maximum Gasteiger partial charge on any atom is 0.338 e. The van der Waals surface area contributed by atoms with E-state index < -0.39 is 0 Å². The molecule has 2 aromatic rings. The van der Waals surface area contributed by atoms with E-state index in [2.05, 4.69) is 29.4 Å². The molecule has 8 heteroatoms. The normalized spacial score (nSPS) is 10.5. The number of benzene rings is 2. The molecule has 2 aromatic carbocycles. The fraction of sp³-hybridized carbons (Fsp3) is 0.333. The van der Waals surface area contributed by atoms with E-state index in [0.717, 1.165) is 25.3 Å². The number of esters is 1. The van der Waals surface area contributed by atoms with Crippen LogP contribution in [0.1, 0.15) is 24.2 Å². The van der Waals surface area contributed by atoms with Crippen molar-refractivity contribution in [2.24, 2.45) is 0 Å². The maximum absolute atomic E-state index is 12.2. The second kappa shape index (κ2) is 11.6. The number of methoxy groups -OCH3 is 1. The highest BCUT2D eigenvalue weighted by atomic mass is 35.5. The van der Waals surface area contributed by atoms with E-state index >= 15 is 0 Å². The van der Waals surface area contributed by atoms with Crippen molar-refractivity contribution < 1.29 is 14.3 Å². The molecule has 6 nitrogen and oxygen atoms in total. The minimum atomic E-state index is -0.340. The van der Waals surface area contributed by atoms with Gasteiger partial charge < -0.3 is 25.0 Å². The Morgan fingerprint density at radius 3 is 2.41 bits per heavy atom. The molecule has 0 bridgehead atoms. The summed E-state index contributed by atoms with van der Waals surface area (Å²) < 4.78 is 10.6. The van der Waals surface area contributed by atoms with Gasteiger partial charge in [-0.05, 0) is 67.8 Å². The first-order chi connectivity index (χ1) is 14.0. The monoisotopic (exact) mass is 435 g/mol. The Hall–Kier alpha value is -2.35. The molecule has 2 N–H and O–H groups in total. The van der Waals surface area contributed by atoms with Gasteiger partial charge in [0.15, 0.2) is 5.11 Å². The molecule has 0 aromatic heterocycles. The number of carbonyl (C=O) groups excluding carboxylic acids is 1. The zero-order chi connectivity index (χ0) is 21.2. The zero-order valence-corrected chi connectivity index (χ0v) is 18.4. The third kappa shape index (κ3) is 7.20. The topological polar surface area (TPSA) is 62.8 Å². The molecule has 0 atom stereocenters. The number of halogens is 1. The van der Waals surface area contributed by atoms with Gasteiger partial charge in [-0.15, -0.1) is 0 Å². The van der Waals surface area contributed by atoms with Crippen LogP contribution in [0.3, 0.4) is 0 Å². The molecule has 0 fully saturated rings. The lowest BCUT2D eigenvalue weighted by Gasteiger charge is -2.17. The first-order valence-electron chi connectivity index (χ1n) is 9.37. The fourth-order valence-corrected chi connectivity index (χ4v) is 3.04. The van der Waals surface area contributed by atoms with Crippen LogP contribution in [-0.4, -0.2) is 49.3 Å². The summed E-state index contributed by atoms with van der Waals surface area (Å²) in [5, 5.41) is 7.06. The minimum absolute atomic E-state index is 0.340. The summed E-state index contributed by atoms with van der Waals surface area (Å²) in [6.45, 7) is 7.13. The molecule has 0 saturated heterocycles. The van der Waals surface area contributed by atoms with Gasteiger partial charge in [-0.3, -0.25) is 0 Å². The quantitative estimate of drug-likeness (QED) is 0.438. The summed E-state index contributed by atoms with van der Waals surface area (Å²) in [6, 6.07) is 12.2. The van der Waals surface area contributed by atoms with E-state index in [9.17, 15) is 4.79 Å². The Labute approximate surface area is 182 Å². The van der Waals surface area contributed by atoms with E-state index in [1.165, 1.54) is 0 Å². The SMILES string of the molecule is CCN(CC)CCOC(=O)c1ccc(NC(=S)Nc2cc(Cl)ccc2OC)cc1. The molecule has 29 heavy (non-hydrogen) atoms. The molecule has 2 rings (SSSR count). The molecule has 156 valence electrons. The van der Waals surface area contributed by atoms with Gasteiger partial charge >= 0.3 is 5.97 Å². The molecule has 0 amide bonds. The standard InChI is InChI=1S/C21H26ClN3O3S/c1-4-25(5-2)12-13-28-20(26)15-6-9-17(10-7-15)23-21(29)24-18-14-16(22)8-11-19(18)27-3/h6-11,14H,4-5,12-13H2,1-3H3,(H2,23,24,29). The number of likely N-dealkylation sites (N-methyl/N-ethyl adjacent to an activating group) is 1. The summed E-state index contributed by atoms with van der Waals surface area (Å²) in [7, 11) is 1.57. The minimum Gasteiger partial charge on any atom is -0.495 e. The van der Waals surface area contributed by atoms with Gasteiger partial charge in [-0.25, -0.2) is 4.79 Å². The lowest BCUT2D eigenvalue weighted by molar-refractivity contribution is 0.0466. The number of anilines is 2. The number of nitrogens with one attached hydrogen (secondary N) is 2. The zero-order valence-electron chi connectivity index (χ0n) is 16.8. The molecule has 0 aliphatic carbocycles. The van der Waals surface area contributed by atoms with Crippen molar-refractivity contribution in [3.05, 3.63) is 53.1 Å². The van der Waals surface area contributed by atoms with Crippen LogP contribution in [0.25, 0.3) is 0 Å². The number of carbonyl (C=O) groups is 1. The second-order valence-electron chi connectivity index (χ2n) is 6.16. The van der Waals surface area contributed by atoms with Crippen LogP contribution < -0.4 is 15.4 Å². The van der Waals surface area contributed by atoms with Crippen molar-refractivity contribution in [1.29, 1.82) is 0 Å². The van der Waals surface area contributed by atoms with Crippen molar-refractivity contribution in [2.75, 3.05) is 44.0 Å². The van der Waals surface area contributed by atoms with Gasteiger partial charge in [0.25, 0.3) is 0 Å². The van der Waals surface area contributed by atoms with E-state index in [-0.39, 0.29) is 5.97 Å². The van der Waals surface area contributed by atoms with Crippen LogP contribution in [0.2, 0.25) is 5.02 Å². The largest absolute Gasteiger partial charge is 0.495 e. The third-order valence-corrected chi connectivity index (χ3v) is 4.76. The first kappa shape index (κ1) is 22.9. The molecule has 0 unspecified atom stereocenters. The van der Waals surface area contributed by atoms with E-state index in [1.807, 2.05) is 0 Å². The molecule has 0 aliphatic heterocycles. The molecule has 0 aliphatic rings. The van der Waals surface area contributed by atoms with Crippen molar-refractivity contribution in [2.45, 2.75) is 13.8 Å². The van der Waals surface area contributed by atoms with Crippen LogP contribution >= 0.6 is 23.8 Å². The van der Waals surface area contributed by atoms with Crippen LogP contribution in [0, 0.1) is 0 Å². The van der Waals surface area contributed by atoms with E-state index in [0.29, 0.717) is 33.7 Å². The lowest BCUT2D eigenvalue weighted by Crippen LogP contribution is -2.27. The van der Waals surface area contributed by atoms with Crippen molar-refractivity contribution in [3.8, 4) is 5.75 Å². The number of hydrogen-bond acceptors (Lipinski definition) is 5. The predicted molar refractivity (Wildman–Crippen MR) is 122 cm³/mol. The van der Waals surface area contributed by atoms with Crippen molar-refractivity contribution in [1.82, 2.24) is 4.90 Å². The molecule has 0 saturated carbocycles. The van der Waals surface area contributed by atoms with E-state index in [4.69, 9.17) is 33.3 Å².